The molecule has 29 heavy (non-hydrogen) atoms. The summed E-state index contributed by atoms with van der Waals surface area (Å²) in [6.07, 6.45) is 5.68. The summed E-state index contributed by atoms with van der Waals surface area (Å²) >= 11 is 0. The Labute approximate surface area is 169 Å². The van der Waals surface area contributed by atoms with Crippen molar-refractivity contribution in [2.45, 2.75) is 33.4 Å². The highest BCUT2D eigenvalue weighted by Gasteiger charge is 2.22. The molecule has 1 aliphatic heterocycles. The second kappa shape index (κ2) is 6.84. The zero-order valence-corrected chi connectivity index (χ0v) is 16.7. The number of aromatic nitrogens is 6. The van der Waals surface area contributed by atoms with Gasteiger partial charge in [0.1, 0.15) is 29.7 Å². The van der Waals surface area contributed by atoms with Gasteiger partial charge in [0.05, 0.1) is 12.1 Å². The second-order valence-electron chi connectivity index (χ2n) is 7.47. The molecule has 0 saturated carbocycles. The van der Waals surface area contributed by atoms with Crippen molar-refractivity contribution in [3.63, 3.8) is 0 Å². The van der Waals surface area contributed by atoms with E-state index >= 15 is 0 Å². The first-order valence-corrected chi connectivity index (χ1v) is 9.78. The van der Waals surface area contributed by atoms with E-state index < -0.39 is 0 Å². The molecule has 1 aliphatic rings. The minimum absolute atomic E-state index is 0.213. The van der Waals surface area contributed by atoms with Gasteiger partial charge in [-0.05, 0) is 44.5 Å². The van der Waals surface area contributed by atoms with Gasteiger partial charge in [0.2, 0.25) is 0 Å². The van der Waals surface area contributed by atoms with Gasteiger partial charge in [-0.25, -0.2) is 14.6 Å². The minimum Gasteiger partial charge on any atom is -0.491 e. The topological polar surface area (TPSA) is 70.7 Å². The van der Waals surface area contributed by atoms with Crippen LogP contribution < -0.4 is 4.74 Å². The molecular formula is C22H22N6O. The third-order valence-electron chi connectivity index (χ3n) is 5.04. The van der Waals surface area contributed by atoms with Gasteiger partial charge in [-0.2, -0.15) is 5.10 Å². The number of hydrogen-bond donors (Lipinski definition) is 0. The van der Waals surface area contributed by atoms with Crippen LogP contribution in [-0.2, 0) is 6.54 Å². The average molecular weight is 386 g/mol. The maximum absolute atomic E-state index is 6.05. The average Bonchev–Trinajstić information content (AvgIpc) is 3.28. The Hall–Kier alpha value is -3.48. The molecule has 0 saturated heterocycles. The van der Waals surface area contributed by atoms with E-state index in [1.807, 2.05) is 36.1 Å². The summed E-state index contributed by atoms with van der Waals surface area (Å²) in [6, 6.07) is 10.4. The molecule has 4 aromatic rings. The highest BCUT2D eigenvalue weighted by Crippen LogP contribution is 2.36. The van der Waals surface area contributed by atoms with Crippen molar-refractivity contribution in [1.82, 2.24) is 29.3 Å². The Bertz CT molecular complexity index is 1180. The summed E-state index contributed by atoms with van der Waals surface area (Å²) in [4.78, 5) is 13.8. The van der Waals surface area contributed by atoms with E-state index in [4.69, 9.17) is 9.72 Å². The number of nitrogens with zero attached hydrogens (tertiary/aromatic N) is 6. The van der Waals surface area contributed by atoms with Crippen LogP contribution in [0.5, 0.6) is 5.75 Å². The molecule has 146 valence electrons. The number of ether oxygens (including phenoxy) is 1. The van der Waals surface area contributed by atoms with E-state index in [-0.39, 0.29) is 6.04 Å². The molecule has 0 N–H and O–H groups in total. The van der Waals surface area contributed by atoms with Crippen LogP contribution in [-0.4, -0.2) is 35.9 Å². The van der Waals surface area contributed by atoms with Crippen molar-refractivity contribution in [1.29, 1.82) is 0 Å². The van der Waals surface area contributed by atoms with Crippen LogP contribution in [0.15, 0.2) is 48.9 Å². The first-order chi connectivity index (χ1) is 14.1. The molecule has 4 heterocycles. The Morgan fingerprint density at radius 1 is 1.07 bits per heavy atom. The SMILES string of the molecule is Cc1nc(-c2cn3c(n2)-c2ccc(-c4cccnc4)cc2OCC3)n(C(C)C)n1. The molecule has 7 nitrogen and oxygen atoms in total. The van der Waals surface area contributed by atoms with Crippen LogP contribution in [0.25, 0.3) is 34.0 Å². The quantitative estimate of drug-likeness (QED) is 0.529. The van der Waals surface area contributed by atoms with Crippen LogP contribution in [0.3, 0.4) is 0 Å². The van der Waals surface area contributed by atoms with Crippen LogP contribution in [0.2, 0.25) is 0 Å². The number of pyridine rings is 1. The van der Waals surface area contributed by atoms with Crippen molar-refractivity contribution >= 4 is 0 Å². The largest absolute Gasteiger partial charge is 0.491 e. The standard InChI is InChI=1S/C22H22N6O/c1-14(2)28-22(24-15(3)26-28)19-13-27-9-10-29-20-11-16(17-5-4-8-23-12-17)6-7-18(20)21(27)25-19/h4-8,11-14H,9-10H2,1-3H3. The lowest BCUT2D eigenvalue weighted by Crippen LogP contribution is -2.06. The van der Waals surface area contributed by atoms with Gasteiger partial charge >= 0.3 is 0 Å². The summed E-state index contributed by atoms with van der Waals surface area (Å²) in [6.45, 7) is 7.42. The summed E-state index contributed by atoms with van der Waals surface area (Å²) in [7, 11) is 0. The summed E-state index contributed by atoms with van der Waals surface area (Å²) in [5.74, 6) is 3.28. The van der Waals surface area contributed by atoms with Crippen LogP contribution in [0.1, 0.15) is 25.7 Å². The first-order valence-electron chi connectivity index (χ1n) is 9.78. The molecule has 7 heteroatoms. The number of imidazole rings is 1. The zero-order chi connectivity index (χ0) is 20.0. The van der Waals surface area contributed by atoms with Crippen LogP contribution in [0, 0.1) is 6.92 Å². The monoisotopic (exact) mass is 386 g/mol. The van der Waals surface area contributed by atoms with Crippen molar-refractivity contribution in [3.05, 3.63) is 54.7 Å². The second-order valence-corrected chi connectivity index (χ2v) is 7.47. The number of benzene rings is 1. The minimum atomic E-state index is 0.213. The molecule has 0 amide bonds. The number of aryl methyl sites for hydroxylation is 1. The normalized spacial score (nSPS) is 13.0. The molecule has 0 atom stereocenters. The molecular weight excluding hydrogens is 364 g/mol. The van der Waals surface area contributed by atoms with E-state index in [1.54, 1.807) is 6.20 Å². The lowest BCUT2D eigenvalue weighted by atomic mass is 10.0. The van der Waals surface area contributed by atoms with Crippen LogP contribution >= 0.6 is 0 Å². The smallest absolute Gasteiger partial charge is 0.178 e. The van der Waals surface area contributed by atoms with Crippen LogP contribution in [0.4, 0.5) is 0 Å². The van der Waals surface area contributed by atoms with Gasteiger partial charge in [-0.1, -0.05) is 12.1 Å². The predicted octanol–water partition coefficient (Wildman–Crippen LogP) is 4.15. The number of fused-ring (bicyclic) bond motifs is 3. The van der Waals surface area contributed by atoms with Gasteiger partial charge < -0.3 is 9.30 Å². The van der Waals surface area contributed by atoms with E-state index in [0.717, 1.165) is 52.2 Å². The maximum atomic E-state index is 6.05. The molecule has 0 bridgehead atoms. The Morgan fingerprint density at radius 3 is 2.76 bits per heavy atom. The third-order valence-corrected chi connectivity index (χ3v) is 5.04. The zero-order valence-electron chi connectivity index (χ0n) is 16.7. The van der Waals surface area contributed by atoms with E-state index in [1.165, 1.54) is 0 Å². The van der Waals surface area contributed by atoms with Crippen molar-refractivity contribution in [2.75, 3.05) is 6.61 Å². The fraction of sp³-hybridized carbons (Fsp3) is 0.273. The maximum Gasteiger partial charge on any atom is 0.178 e. The summed E-state index contributed by atoms with van der Waals surface area (Å²) < 4.78 is 10.1. The van der Waals surface area contributed by atoms with Gasteiger partial charge in [0, 0.05) is 30.2 Å². The molecule has 0 fully saturated rings. The van der Waals surface area contributed by atoms with E-state index in [2.05, 4.69) is 51.7 Å². The molecule has 0 aliphatic carbocycles. The lowest BCUT2D eigenvalue weighted by Gasteiger charge is -2.09. The fourth-order valence-corrected chi connectivity index (χ4v) is 3.67. The van der Waals surface area contributed by atoms with Gasteiger partial charge in [-0.15, -0.1) is 0 Å². The number of hydrogen-bond acceptors (Lipinski definition) is 5. The highest BCUT2D eigenvalue weighted by atomic mass is 16.5. The van der Waals surface area contributed by atoms with Crippen molar-refractivity contribution < 1.29 is 4.74 Å². The molecule has 5 rings (SSSR count). The Balaban J connectivity index is 1.60. The number of rotatable bonds is 3. The van der Waals surface area contributed by atoms with E-state index in [9.17, 15) is 0 Å². The third kappa shape index (κ3) is 3.08. The van der Waals surface area contributed by atoms with Gasteiger partial charge in [0.25, 0.3) is 0 Å². The Morgan fingerprint density at radius 2 is 1.97 bits per heavy atom. The van der Waals surface area contributed by atoms with Gasteiger partial charge in [0.15, 0.2) is 5.82 Å². The predicted molar refractivity (Wildman–Crippen MR) is 111 cm³/mol. The molecule has 3 aromatic heterocycles. The van der Waals surface area contributed by atoms with Crippen molar-refractivity contribution in [3.8, 4) is 39.8 Å². The van der Waals surface area contributed by atoms with Crippen molar-refractivity contribution in [2.24, 2.45) is 0 Å². The van der Waals surface area contributed by atoms with E-state index in [0.29, 0.717) is 6.61 Å². The summed E-state index contributed by atoms with van der Waals surface area (Å²) in [5.41, 5.74) is 3.95. The lowest BCUT2D eigenvalue weighted by molar-refractivity contribution is 0.307. The molecule has 0 radical (unpaired) electrons. The first kappa shape index (κ1) is 17.6. The fourth-order valence-electron chi connectivity index (χ4n) is 3.67. The Kier molecular flexibility index (Phi) is 4.16. The molecule has 0 unspecified atom stereocenters. The summed E-state index contributed by atoms with van der Waals surface area (Å²) in [5, 5.41) is 4.53. The van der Waals surface area contributed by atoms with Gasteiger partial charge in [-0.3, -0.25) is 4.98 Å². The molecule has 0 spiro atoms. The highest BCUT2D eigenvalue weighted by molar-refractivity contribution is 5.74. The molecule has 1 aromatic carbocycles.